The molecule has 2 aromatic heterocycles. The zero-order valence-corrected chi connectivity index (χ0v) is 11.3. The summed E-state index contributed by atoms with van der Waals surface area (Å²) < 4.78 is 2.11. The summed E-state index contributed by atoms with van der Waals surface area (Å²) in [6.45, 7) is 2.14. The Kier molecular flexibility index (Phi) is 3.35. The average molecular weight is 264 g/mol. The van der Waals surface area contributed by atoms with Gasteiger partial charge >= 0.3 is 0 Å². The van der Waals surface area contributed by atoms with E-state index in [1.165, 1.54) is 10.9 Å². The van der Waals surface area contributed by atoms with Crippen LogP contribution in [0.15, 0.2) is 54.9 Å². The molecule has 0 bridgehead atoms. The van der Waals surface area contributed by atoms with Crippen molar-refractivity contribution < 1.29 is 5.11 Å². The zero-order chi connectivity index (χ0) is 13.9. The number of pyridine rings is 1. The van der Waals surface area contributed by atoms with E-state index in [4.69, 9.17) is 5.11 Å². The molecule has 3 nitrogen and oxygen atoms in total. The fourth-order valence-corrected chi connectivity index (χ4v) is 2.60. The van der Waals surface area contributed by atoms with Gasteiger partial charge in [0.1, 0.15) is 0 Å². The molecular formula is C17H16N2O. The van der Waals surface area contributed by atoms with Gasteiger partial charge in [-0.1, -0.05) is 18.2 Å². The van der Waals surface area contributed by atoms with E-state index >= 15 is 0 Å². The minimum Gasteiger partial charge on any atom is -0.392 e. The van der Waals surface area contributed by atoms with Crippen LogP contribution in [0.5, 0.6) is 0 Å². The summed E-state index contributed by atoms with van der Waals surface area (Å²) >= 11 is 0. The maximum Gasteiger partial charge on any atom is 0.0629 e. The van der Waals surface area contributed by atoms with E-state index in [2.05, 4.69) is 34.7 Å². The first-order valence-corrected chi connectivity index (χ1v) is 6.60. The summed E-state index contributed by atoms with van der Waals surface area (Å²) in [5, 5.41) is 10.3. The summed E-state index contributed by atoms with van der Waals surface area (Å²) in [6, 6.07) is 12.3. The number of aromatic nitrogens is 2. The third-order valence-electron chi connectivity index (χ3n) is 3.46. The Bertz CT molecular complexity index is 757. The molecule has 0 aliphatic heterocycles. The Labute approximate surface area is 117 Å². The SMILES string of the molecule is Cc1c(-c2cccnc2)n(/C=C/CO)c2ccccc12. The van der Waals surface area contributed by atoms with Crippen molar-refractivity contribution in [2.45, 2.75) is 6.92 Å². The molecule has 1 aromatic carbocycles. The molecule has 2 heterocycles. The van der Waals surface area contributed by atoms with Crippen molar-refractivity contribution >= 4 is 17.1 Å². The van der Waals surface area contributed by atoms with Crippen molar-refractivity contribution in [1.82, 2.24) is 9.55 Å². The second-order valence-corrected chi connectivity index (χ2v) is 4.67. The van der Waals surface area contributed by atoms with Crippen LogP contribution in [0.4, 0.5) is 0 Å². The molecule has 0 saturated heterocycles. The third kappa shape index (κ3) is 2.02. The van der Waals surface area contributed by atoms with Crippen LogP contribution in [0.2, 0.25) is 0 Å². The normalized spacial score (nSPS) is 11.5. The molecule has 0 unspecified atom stereocenters. The first kappa shape index (κ1) is 12.6. The Morgan fingerprint density at radius 3 is 2.80 bits per heavy atom. The van der Waals surface area contributed by atoms with Gasteiger partial charge in [0.2, 0.25) is 0 Å². The van der Waals surface area contributed by atoms with Crippen molar-refractivity contribution in [1.29, 1.82) is 0 Å². The lowest BCUT2D eigenvalue weighted by atomic mass is 10.1. The van der Waals surface area contributed by atoms with Crippen LogP contribution in [0.25, 0.3) is 28.4 Å². The minimum atomic E-state index is 0.0258. The monoisotopic (exact) mass is 264 g/mol. The standard InChI is InChI=1S/C17H16N2O/c1-13-15-7-2-3-8-16(15)19(10-5-11-20)17(13)14-6-4-9-18-12-14/h2-10,12,20H,11H2,1H3/b10-5+. The summed E-state index contributed by atoms with van der Waals surface area (Å²) in [5.74, 6) is 0. The fraction of sp³-hybridized carbons (Fsp3) is 0.118. The van der Waals surface area contributed by atoms with Crippen LogP contribution in [0.1, 0.15) is 5.56 Å². The highest BCUT2D eigenvalue weighted by atomic mass is 16.2. The smallest absolute Gasteiger partial charge is 0.0629 e. The van der Waals surface area contributed by atoms with Gasteiger partial charge in [-0.25, -0.2) is 0 Å². The maximum absolute atomic E-state index is 9.06. The van der Waals surface area contributed by atoms with Crippen LogP contribution >= 0.6 is 0 Å². The first-order chi connectivity index (χ1) is 9.83. The second-order valence-electron chi connectivity index (χ2n) is 4.67. The topological polar surface area (TPSA) is 38.0 Å². The minimum absolute atomic E-state index is 0.0258. The molecule has 3 rings (SSSR count). The van der Waals surface area contributed by atoms with Crippen LogP contribution in [0, 0.1) is 6.92 Å². The van der Waals surface area contributed by atoms with Crippen molar-refractivity contribution in [3.8, 4) is 11.3 Å². The van der Waals surface area contributed by atoms with Gasteiger partial charge in [0.25, 0.3) is 0 Å². The molecule has 0 spiro atoms. The lowest BCUT2D eigenvalue weighted by Gasteiger charge is -2.06. The van der Waals surface area contributed by atoms with Gasteiger partial charge in [0, 0.05) is 29.5 Å². The summed E-state index contributed by atoms with van der Waals surface area (Å²) in [4.78, 5) is 4.21. The first-order valence-electron chi connectivity index (χ1n) is 6.60. The number of aryl methyl sites for hydroxylation is 1. The summed E-state index contributed by atoms with van der Waals surface area (Å²) in [5.41, 5.74) is 4.54. The highest BCUT2D eigenvalue weighted by molar-refractivity contribution is 5.93. The zero-order valence-electron chi connectivity index (χ0n) is 11.3. The number of aliphatic hydroxyl groups is 1. The van der Waals surface area contributed by atoms with E-state index in [0.717, 1.165) is 16.8 Å². The molecule has 100 valence electrons. The quantitative estimate of drug-likeness (QED) is 0.786. The molecule has 3 heteroatoms. The van der Waals surface area contributed by atoms with E-state index in [1.807, 2.05) is 30.6 Å². The lowest BCUT2D eigenvalue weighted by Crippen LogP contribution is -1.92. The van der Waals surface area contributed by atoms with E-state index in [9.17, 15) is 0 Å². The Morgan fingerprint density at radius 2 is 2.05 bits per heavy atom. The molecule has 0 atom stereocenters. The Balaban J connectivity index is 2.35. The van der Waals surface area contributed by atoms with Crippen molar-refractivity contribution in [3.05, 3.63) is 60.4 Å². The van der Waals surface area contributed by atoms with Crippen molar-refractivity contribution in [2.24, 2.45) is 0 Å². The molecule has 3 aromatic rings. The number of aliphatic hydroxyl groups excluding tert-OH is 1. The molecule has 0 aliphatic carbocycles. The number of rotatable bonds is 3. The average Bonchev–Trinajstić information content (AvgIpc) is 2.79. The third-order valence-corrected chi connectivity index (χ3v) is 3.46. The molecule has 0 fully saturated rings. The van der Waals surface area contributed by atoms with Gasteiger partial charge < -0.3 is 9.67 Å². The molecule has 0 aliphatic rings. The molecule has 0 radical (unpaired) electrons. The van der Waals surface area contributed by atoms with Crippen molar-refractivity contribution in [3.63, 3.8) is 0 Å². The highest BCUT2D eigenvalue weighted by Gasteiger charge is 2.13. The molecule has 0 saturated carbocycles. The van der Waals surface area contributed by atoms with Crippen molar-refractivity contribution in [2.75, 3.05) is 6.61 Å². The van der Waals surface area contributed by atoms with Gasteiger partial charge in [-0.15, -0.1) is 0 Å². The number of fused-ring (bicyclic) bond motifs is 1. The summed E-state index contributed by atoms with van der Waals surface area (Å²) in [6.07, 6.45) is 7.29. The van der Waals surface area contributed by atoms with Crippen LogP contribution < -0.4 is 0 Å². The maximum atomic E-state index is 9.06. The number of para-hydroxylation sites is 1. The Hall–Kier alpha value is -2.39. The fourth-order valence-electron chi connectivity index (χ4n) is 2.60. The number of nitrogens with zero attached hydrogens (tertiary/aromatic N) is 2. The van der Waals surface area contributed by atoms with E-state index in [0.29, 0.717) is 0 Å². The molecule has 0 amide bonds. The Morgan fingerprint density at radius 1 is 1.20 bits per heavy atom. The van der Waals surface area contributed by atoms with Crippen LogP contribution in [-0.2, 0) is 0 Å². The summed E-state index contributed by atoms with van der Waals surface area (Å²) in [7, 11) is 0. The predicted molar refractivity (Wildman–Crippen MR) is 82.3 cm³/mol. The van der Waals surface area contributed by atoms with Crippen LogP contribution in [0.3, 0.4) is 0 Å². The highest BCUT2D eigenvalue weighted by Crippen LogP contribution is 2.33. The van der Waals surface area contributed by atoms with Gasteiger partial charge in [-0.3, -0.25) is 4.98 Å². The van der Waals surface area contributed by atoms with Gasteiger partial charge in [0.05, 0.1) is 17.8 Å². The molecular weight excluding hydrogens is 248 g/mol. The largest absolute Gasteiger partial charge is 0.392 e. The van der Waals surface area contributed by atoms with E-state index < -0.39 is 0 Å². The number of hydrogen-bond acceptors (Lipinski definition) is 2. The van der Waals surface area contributed by atoms with E-state index in [-0.39, 0.29) is 6.61 Å². The second kappa shape index (κ2) is 5.31. The van der Waals surface area contributed by atoms with Gasteiger partial charge in [0.15, 0.2) is 0 Å². The van der Waals surface area contributed by atoms with E-state index in [1.54, 1.807) is 12.3 Å². The van der Waals surface area contributed by atoms with Gasteiger partial charge in [-0.2, -0.15) is 0 Å². The van der Waals surface area contributed by atoms with Gasteiger partial charge in [-0.05, 0) is 36.8 Å². The van der Waals surface area contributed by atoms with Crippen LogP contribution in [-0.4, -0.2) is 21.3 Å². The predicted octanol–water partition coefficient (Wildman–Crippen LogP) is 3.47. The lowest BCUT2D eigenvalue weighted by molar-refractivity contribution is 0.343. The molecule has 1 N–H and O–H groups in total. The number of hydrogen-bond donors (Lipinski definition) is 1. The molecule has 20 heavy (non-hydrogen) atoms. The number of benzene rings is 1.